The standard InChI is InChI=1S/C24H36N2.C7H9N/c1-21-15-23(19-25-17-21)13-11-9-7-5-3-4-6-8-10-12-14-24-16-22(2)18-26-20-24;1-6-3-7(2)5-8-4-6/h15-20H,3-14H2,1-2H3;3-5H,1-2H3. The number of pyridine rings is 3. The van der Waals surface area contributed by atoms with Crippen molar-refractivity contribution in [2.24, 2.45) is 0 Å². The Hall–Kier alpha value is -2.55. The SMILES string of the molecule is Cc1cncc(C)c1.Cc1cncc(CCCCCCCCCCCCc2cncc(C)c2)c1. The van der Waals surface area contributed by atoms with E-state index in [-0.39, 0.29) is 0 Å². The zero-order valence-corrected chi connectivity index (χ0v) is 22.0. The van der Waals surface area contributed by atoms with Crippen LogP contribution in [0.5, 0.6) is 0 Å². The maximum atomic E-state index is 4.27. The van der Waals surface area contributed by atoms with Crippen LogP contribution >= 0.6 is 0 Å². The van der Waals surface area contributed by atoms with Crippen molar-refractivity contribution in [3.8, 4) is 0 Å². The van der Waals surface area contributed by atoms with Gasteiger partial charge in [-0.3, -0.25) is 15.0 Å². The first-order chi connectivity index (χ1) is 16.5. The highest BCUT2D eigenvalue weighted by Gasteiger charge is 1.97. The monoisotopic (exact) mass is 459 g/mol. The summed E-state index contributed by atoms with van der Waals surface area (Å²) in [6, 6.07) is 6.64. The lowest BCUT2D eigenvalue weighted by atomic mass is 10.0. The Balaban J connectivity index is 0.000000430. The molecule has 0 unspecified atom stereocenters. The second kappa shape index (κ2) is 17.0. The molecule has 0 saturated heterocycles. The molecule has 34 heavy (non-hydrogen) atoms. The second-order valence-electron chi connectivity index (χ2n) is 9.82. The summed E-state index contributed by atoms with van der Waals surface area (Å²) in [5.74, 6) is 0. The van der Waals surface area contributed by atoms with Crippen LogP contribution in [0.2, 0.25) is 0 Å². The van der Waals surface area contributed by atoms with Crippen molar-refractivity contribution in [3.63, 3.8) is 0 Å². The Labute approximate surface area is 208 Å². The van der Waals surface area contributed by atoms with Crippen molar-refractivity contribution < 1.29 is 0 Å². The zero-order chi connectivity index (χ0) is 24.4. The van der Waals surface area contributed by atoms with Gasteiger partial charge in [0.1, 0.15) is 0 Å². The molecule has 0 aliphatic heterocycles. The number of aryl methyl sites for hydroxylation is 6. The van der Waals surface area contributed by atoms with Crippen LogP contribution in [0, 0.1) is 27.7 Å². The predicted octanol–water partition coefficient (Wildman–Crippen LogP) is 8.48. The number of aromatic nitrogens is 3. The smallest absolute Gasteiger partial charge is 0.0300 e. The molecule has 0 atom stereocenters. The average molecular weight is 460 g/mol. The third-order valence-corrected chi connectivity index (χ3v) is 6.06. The van der Waals surface area contributed by atoms with Crippen LogP contribution in [0.3, 0.4) is 0 Å². The lowest BCUT2D eigenvalue weighted by Crippen LogP contribution is -1.89. The van der Waals surface area contributed by atoms with Crippen molar-refractivity contribution in [3.05, 3.63) is 88.8 Å². The zero-order valence-electron chi connectivity index (χ0n) is 22.0. The number of rotatable bonds is 13. The third kappa shape index (κ3) is 13.2. The molecule has 184 valence electrons. The van der Waals surface area contributed by atoms with Gasteiger partial charge in [-0.2, -0.15) is 0 Å². The Morgan fingerprint density at radius 2 is 0.676 bits per heavy atom. The topological polar surface area (TPSA) is 38.7 Å². The normalized spacial score (nSPS) is 10.6. The summed E-state index contributed by atoms with van der Waals surface area (Å²) in [6.07, 6.45) is 27.7. The van der Waals surface area contributed by atoms with E-state index in [9.17, 15) is 0 Å². The summed E-state index contributed by atoms with van der Waals surface area (Å²) in [5, 5.41) is 0. The molecule has 0 saturated carbocycles. The van der Waals surface area contributed by atoms with Crippen LogP contribution < -0.4 is 0 Å². The van der Waals surface area contributed by atoms with Crippen molar-refractivity contribution in [1.29, 1.82) is 0 Å². The van der Waals surface area contributed by atoms with Crippen LogP contribution in [-0.4, -0.2) is 15.0 Å². The summed E-state index contributed by atoms with van der Waals surface area (Å²) in [7, 11) is 0. The minimum Gasteiger partial charge on any atom is -0.264 e. The van der Waals surface area contributed by atoms with Crippen LogP contribution in [-0.2, 0) is 12.8 Å². The Bertz CT molecular complexity index is 862. The summed E-state index contributed by atoms with van der Waals surface area (Å²) >= 11 is 0. The van der Waals surface area contributed by atoms with Crippen molar-refractivity contribution in [2.75, 3.05) is 0 Å². The fourth-order valence-electron chi connectivity index (χ4n) is 4.29. The van der Waals surface area contributed by atoms with E-state index in [2.05, 4.69) is 47.0 Å². The average Bonchev–Trinajstić information content (AvgIpc) is 2.80. The Morgan fingerprint density at radius 3 is 0.971 bits per heavy atom. The molecule has 0 N–H and O–H groups in total. The lowest BCUT2D eigenvalue weighted by Gasteiger charge is -2.04. The molecule has 3 nitrogen and oxygen atoms in total. The summed E-state index contributed by atoms with van der Waals surface area (Å²) in [6.45, 7) is 8.33. The molecule has 0 aliphatic rings. The van der Waals surface area contributed by atoms with Gasteiger partial charge in [0, 0.05) is 37.2 Å². The van der Waals surface area contributed by atoms with Gasteiger partial charge in [-0.1, -0.05) is 69.6 Å². The van der Waals surface area contributed by atoms with E-state index < -0.39 is 0 Å². The molecule has 3 aromatic heterocycles. The van der Waals surface area contributed by atoms with Gasteiger partial charge in [-0.25, -0.2) is 0 Å². The van der Waals surface area contributed by atoms with Gasteiger partial charge in [0.15, 0.2) is 0 Å². The van der Waals surface area contributed by atoms with Crippen LogP contribution in [0.1, 0.15) is 97.6 Å². The van der Waals surface area contributed by atoms with E-state index in [0.29, 0.717) is 0 Å². The number of unbranched alkanes of at least 4 members (excludes halogenated alkanes) is 9. The van der Waals surface area contributed by atoms with E-state index >= 15 is 0 Å². The van der Waals surface area contributed by atoms with Crippen LogP contribution in [0.25, 0.3) is 0 Å². The quantitative estimate of drug-likeness (QED) is 0.241. The molecule has 0 radical (unpaired) electrons. The fraction of sp³-hybridized carbons (Fsp3) is 0.516. The van der Waals surface area contributed by atoms with Gasteiger partial charge in [0.2, 0.25) is 0 Å². The molecule has 3 rings (SSSR count). The van der Waals surface area contributed by atoms with Crippen LogP contribution in [0.4, 0.5) is 0 Å². The van der Waals surface area contributed by atoms with Crippen LogP contribution in [0.15, 0.2) is 55.4 Å². The maximum absolute atomic E-state index is 4.27. The van der Waals surface area contributed by atoms with Crippen molar-refractivity contribution >= 4 is 0 Å². The van der Waals surface area contributed by atoms with E-state index in [0.717, 1.165) is 0 Å². The van der Waals surface area contributed by atoms with Crippen molar-refractivity contribution in [2.45, 2.75) is 105 Å². The number of hydrogen-bond acceptors (Lipinski definition) is 3. The molecule has 0 aliphatic carbocycles. The summed E-state index contributed by atoms with van der Waals surface area (Å²) in [5.41, 5.74) is 7.80. The first-order valence-corrected chi connectivity index (χ1v) is 13.2. The molecule has 0 fully saturated rings. The van der Waals surface area contributed by atoms with Gasteiger partial charge < -0.3 is 0 Å². The summed E-state index contributed by atoms with van der Waals surface area (Å²) in [4.78, 5) is 12.5. The molecule has 3 heterocycles. The molecule has 0 amide bonds. The van der Waals surface area contributed by atoms with Gasteiger partial charge in [-0.05, 0) is 86.8 Å². The first-order valence-electron chi connectivity index (χ1n) is 13.2. The largest absolute Gasteiger partial charge is 0.264 e. The van der Waals surface area contributed by atoms with E-state index in [1.165, 1.54) is 110 Å². The summed E-state index contributed by atoms with van der Waals surface area (Å²) < 4.78 is 0. The molecule has 3 aromatic rings. The highest BCUT2D eigenvalue weighted by molar-refractivity contribution is 5.17. The third-order valence-electron chi connectivity index (χ3n) is 6.06. The van der Waals surface area contributed by atoms with Gasteiger partial charge in [0.05, 0.1) is 0 Å². The fourth-order valence-corrected chi connectivity index (χ4v) is 4.29. The Kier molecular flexibility index (Phi) is 13.8. The minimum absolute atomic E-state index is 1.19. The molecule has 0 spiro atoms. The van der Waals surface area contributed by atoms with Crippen molar-refractivity contribution in [1.82, 2.24) is 15.0 Å². The van der Waals surface area contributed by atoms with E-state index in [1.807, 2.05) is 51.0 Å². The molecule has 3 heteroatoms. The molecule has 0 bridgehead atoms. The Morgan fingerprint density at radius 1 is 0.382 bits per heavy atom. The van der Waals surface area contributed by atoms with Gasteiger partial charge in [-0.15, -0.1) is 0 Å². The number of hydrogen-bond donors (Lipinski definition) is 0. The maximum Gasteiger partial charge on any atom is 0.0300 e. The second-order valence-corrected chi connectivity index (χ2v) is 9.82. The highest BCUT2D eigenvalue weighted by atomic mass is 14.6. The van der Waals surface area contributed by atoms with E-state index in [1.54, 1.807) is 0 Å². The highest BCUT2D eigenvalue weighted by Crippen LogP contribution is 2.14. The van der Waals surface area contributed by atoms with E-state index in [4.69, 9.17) is 0 Å². The molecule has 0 aromatic carbocycles. The van der Waals surface area contributed by atoms with Gasteiger partial charge in [0.25, 0.3) is 0 Å². The predicted molar refractivity (Wildman–Crippen MR) is 145 cm³/mol. The lowest BCUT2D eigenvalue weighted by molar-refractivity contribution is 0.551. The molecular weight excluding hydrogens is 414 g/mol. The number of nitrogens with zero attached hydrogens (tertiary/aromatic N) is 3. The van der Waals surface area contributed by atoms with Gasteiger partial charge >= 0.3 is 0 Å². The minimum atomic E-state index is 1.19. The molecular formula is C31H45N3. The first kappa shape index (κ1) is 27.7.